The number of nitrogens with one attached hydrogen (secondary N) is 4. The van der Waals surface area contributed by atoms with E-state index in [9.17, 15) is 50.4 Å². The molecule has 32 N–H and O–H groups in total. The highest BCUT2D eigenvalue weighted by atomic mass is 16.7. The second-order valence-corrected chi connectivity index (χ2v) is 23.0. The average Bonchev–Trinajstić information content (AvgIpc) is 3.10. The maximum Gasteiger partial charge on any atom is 0.314 e. The Morgan fingerprint density at radius 1 is 0.366 bits per heavy atom. The van der Waals surface area contributed by atoms with E-state index >= 15 is 0 Å². The van der Waals surface area contributed by atoms with E-state index < -0.39 is 183 Å². The summed E-state index contributed by atoms with van der Waals surface area (Å²) in [5.41, 5.74) is 61.4. The standard InChI is InChI=1S/C50H100N14O18/c51-17-29-27(65)15-25(57)45(75-29)79-41-21(53)13-23(55)43(39(41)71)81-47-37(69)33(59)35(67)31(77-47)19-63-49(73)61-11-9-7-5-3-1-2-4-6-8-10-12-62-50(74)64-20-32-36(68)34(60)38(70)48(78-32)82-44-24(56)14-22(54)42(40(44)72)80-46-26(58)16-28(66)30(18-52)76-46/h21-48,65-72H,1-20,51-60H2,(H2,61,63,73)(H2,62,64,74). The van der Waals surface area contributed by atoms with E-state index in [2.05, 4.69) is 21.3 Å². The predicted octanol–water partition coefficient (Wildman–Crippen LogP) is -9.06. The van der Waals surface area contributed by atoms with Crippen LogP contribution in [0.5, 0.6) is 0 Å². The summed E-state index contributed by atoms with van der Waals surface area (Å²) >= 11 is 0. The normalized spacial score (nSPS) is 43.7. The summed E-state index contributed by atoms with van der Waals surface area (Å²) in [5.74, 6) is 0. The Morgan fingerprint density at radius 3 is 0.976 bits per heavy atom. The third-order valence-electron chi connectivity index (χ3n) is 16.6. The van der Waals surface area contributed by atoms with Gasteiger partial charge in [-0.3, -0.25) is 0 Å². The van der Waals surface area contributed by atoms with Gasteiger partial charge in [0.25, 0.3) is 0 Å². The van der Waals surface area contributed by atoms with Crippen molar-refractivity contribution >= 4 is 12.1 Å². The molecule has 0 aromatic rings. The van der Waals surface area contributed by atoms with Gasteiger partial charge in [0.2, 0.25) is 0 Å². The zero-order valence-corrected chi connectivity index (χ0v) is 46.7. The molecule has 28 atom stereocenters. The zero-order valence-electron chi connectivity index (χ0n) is 46.7. The van der Waals surface area contributed by atoms with Crippen LogP contribution in [0.2, 0.25) is 0 Å². The fourth-order valence-electron chi connectivity index (χ4n) is 11.5. The van der Waals surface area contributed by atoms with Crippen LogP contribution in [-0.4, -0.2) is 263 Å². The minimum absolute atomic E-state index is 0.0140. The van der Waals surface area contributed by atoms with Gasteiger partial charge >= 0.3 is 12.1 Å². The van der Waals surface area contributed by atoms with Crippen molar-refractivity contribution in [2.24, 2.45) is 57.3 Å². The lowest BCUT2D eigenvalue weighted by atomic mass is 9.84. The minimum atomic E-state index is -1.53. The quantitative estimate of drug-likeness (QED) is 0.0340. The molecule has 4 aliphatic heterocycles. The second kappa shape index (κ2) is 33.0. The molecule has 6 aliphatic rings. The van der Waals surface area contributed by atoms with E-state index in [1.54, 1.807) is 0 Å². The maximum atomic E-state index is 12.7. The largest absolute Gasteiger partial charge is 0.390 e. The molecule has 0 spiro atoms. The molecule has 4 amide bonds. The van der Waals surface area contributed by atoms with Crippen molar-refractivity contribution in [3.8, 4) is 0 Å². The molecule has 4 heterocycles. The molecule has 0 aromatic heterocycles. The lowest BCUT2D eigenvalue weighted by Crippen LogP contribution is -2.68. The van der Waals surface area contributed by atoms with Crippen LogP contribution in [0, 0.1) is 0 Å². The van der Waals surface area contributed by atoms with Crippen molar-refractivity contribution in [1.29, 1.82) is 0 Å². The molecule has 0 bridgehead atoms. The van der Waals surface area contributed by atoms with Crippen LogP contribution in [-0.2, 0) is 37.9 Å². The predicted molar refractivity (Wildman–Crippen MR) is 292 cm³/mol. The first-order valence-corrected chi connectivity index (χ1v) is 29.2. The summed E-state index contributed by atoms with van der Waals surface area (Å²) in [7, 11) is 0. The molecule has 2 aliphatic carbocycles. The summed E-state index contributed by atoms with van der Waals surface area (Å²) in [5, 5.41) is 97.6. The third-order valence-corrected chi connectivity index (χ3v) is 16.6. The molecule has 4 saturated heterocycles. The number of ether oxygens (including phenoxy) is 8. The van der Waals surface area contributed by atoms with Crippen molar-refractivity contribution in [3.05, 3.63) is 0 Å². The van der Waals surface area contributed by atoms with Crippen LogP contribution in [0.25, 0.3) is 0 Å². The first-order chi connectivity index (χ1) is 39.0. The topological polar surface area (TPSA) is 578 Å². The van der Waals surface area contributed by atoms with Crippen molar-refractivity contribution in [2.75, 3.05) is 39.3 Å². The van der Waals surface area contributed by atoms with Crippen LogP contribution in [0.3, 0.4) is 0 Å². The molecule has 2 saturated carbocycles. The molecule has 0 aromatic carbocycles. The van der Waals surface area contributed by atoms with Gasteiger partial charge in [-0.25, -0.2) is 9.59 Å². The fourth-order valence-corrected chi connectivity index (χ4v) is 11.5. The van der Waals surface area contributed by atoms with Crippen molar-refractivity contribution in [1.82, 2.24) is 21.3 Å². The second-order valence-electron chi connectivity index (χ2n) is 23.0. The molecular weight excluding hydrogens is 1080 g/mol. The molecule has 28 unspecified atom stereocenters. The van der Waals surface area contributed by atoms with Gasteiger partial charge in [-0.2, -0.15) is 0 Å². The minimum Gasteiger partial charge on any atom is -0.390 e. The summed E-state index contributed by atoms with van der Waals surface area (Å²) in [4.78, 5) is 25.4. The van der Waals surface area contributed by atoms with Crippen LogP contribution in [0.4, 0.5) is 9.59 Å². The third kappa shape index (κ3) is 18.5. The van der Waals surface area contributed by atoms with Gasteiger partial charge in [0.05, 0.1) is 60.8 Å². The van der Waals surface area contributed by atoms with E-state index in [4.69, 9.17) is 95.2 Å². The Balaban J connectivity index is 0.783. The number of hydrogen-bond acceptors (Lipinski definition) is 28. The van der Waals surface area contributed by atoms with Crippen molar-refractivity contribution < 1.29 is 88.3 Å². The summed E-state index contributed by atoms with van der Waals surface area (Å²) < 4.78 is 47.4. The lowest BCUT2D eigenvalue weighted by Gasteiger charge is -2.48. The van der Waals surface area contributed by atoms with Gasteiger partial charge in [0.15, 0.2) is 25.2 Å². The molecule has 32 heteroatoms. The number of amides is 4. The summed E-state index contributed by atoms with van der Waals surface area (Å²) in [6, 6.07) is -8.09. The number of rotatable bonds is 27. The van der Waals surface area contributed by atoms with E-state index in [0.29, 0.717) is 13.1 Å². The molecular formula is C50H100N14O18. The molecule has 32 nitrogen and oxygen atoms in total. The highest BCUT2D eigenvalue weighted by Gasteiger charge is 2.53. The van der Waals surface area contributed by atoms with Gasteiger partial charge in [-0.05, 0) is 38.5 Å². The Hall–Kier alpha value is -2.50. The molecule has 478 valence electrons. The highest BCUT2D eigenvalue weighted by Crippen LogP contribution is 2.33. The number of carbonyl (C=O) groups excluding carboxylic acids is 2. The lowest BCUT2D eigenvalue weighted by molar-refractivity contribution is -0.311. The summed E-state index contributed by atoms with van der Waals surface area (Å²) in [6.07, 6.45) is -13.5. The van der Waals surface area contributed by atoms with Crippen molar-refractivity contribution in [2.45, 2.75) is 261 Å². The highest BCUT2D eigenvalue weighted by molar-refractivity contribution is 5.74. The Labute approximate surface area is 478 Å². The Morgan fingerprint density at radius 2 is 0.659 bits per heavy atom. The van der Waals surface area contributed by atoms with E-state index in [0.717, 1.165) is 64.2 Å². The van der Waals surface area contributed by atoms with E-state index in [1.807, 2.05) is 0 Å². The van der Waals surface area contributed by atoms with Crippen LogP contribution in [0.1, 0.15) is 89.9 Å². The molecule has 0 radical (unpaired) electrons. The van der Waals surface area contributed by atoms with Gasteiger partial charge in [-0.1, -0.05) is 51.4 Å². The van der Waals surface area contributed by atoms with Crippen molar-refractivity contribution in [3.63, 3.8) is 0 Å². The number of hydrogen-bond donors (Lipinski definition) is 22. The Kier molecular flexibility index (Phi) is 27.6. The number of nitrogens with two attached hydrogens (primary N) is 10. The smallest absolute Gasteiger partial charge is 0.314 e. The van der Waals surface area contributed by atoms with Crippen LogP contribution in [0.15, 0.2) is 0 Å². The van der Waals surface area contributed by atoms with Gasteiger partial charge in [-0.15, -0.1) is 0 Å². The monoisotopic (exact) mass is 1180 g/mol. The SMILES string of the molecule is NCC1OC(OC2C(N)CC(N)C(OC3OC(CNC(=O)NCCCCCCCCCCCCNC(=O)NCC4OC(OC5C(N)CC(N)C(OC6OC(CN)C(O)CC6N)C5O)C(O)C(N)C4O)C(O)C(N)C3O)C2O)C(N)CC1O. The van der Waals surface area contributed by atoms with Crippen LogP contribution >= 0.6 is 0 Å². The van der Waals surface area contributed by atoms with Gasteiger partial charge < -0.3 is 157 Å². The average molecular weight is 1190 g/mol. The molecule has 82 heavy (non-hydrogen) atoms. The molecule has 6 fully saturated rings. The maximum absolute atomic E-state index is 12.7. The number of carbonyl (C=O) groups is 2. The van der Waals surface area contributed by atoms with E-state index in [1.165, 1.54) is 0 Å². The fraction of sp³-hybridized carbons (Fsp3) is 0.960. The number of aliphatic hydroxyl groups is 8. The first kappa shape index (κ1) is 68.6. The van der Waals surface area contributed by atoms with Gasteiger partial charge in [0.1, 0.15) is 61.0 Å². The zero-order chi connectivity index (χ0) is 59.9. The first-order valence-electron chi connectivity index (χ1n) is 29.2. The summed E-state index contributed by atoms with van der Waals surface area (Å²) in [6.45, 7) is 0.515. The van der Waals surface area contributed by atoms with Crippen LogP contribution < -0.4 is 78.6 Å². The van der Waals surface area contributed by atoms with E-state index in [-0.39, 0.29) is 51.9 Å². The number of urea groups is 2. The number of aliphatic hydroxyl groups excluding tert-OH is 8. The molecule has 6 rings (SSSR count). The number of unbranched alkanes of at least 4 members (excludes halogenated alkanes) is 9. The van der Waals surface area contributed by atoms with Gasteiger partial charge in [0, 0.05) is 63.4 Å². The Bertz CT molecular complexity index is 1770.